The number of fused-ring (bicyclic) bond motifs is 3. The normalized spacial score (nSPS) is 21.9. The summed E-state index contributed by atoms with van der Waals surface area (Å²) in [4.78, 5) is 18.4. The number of hydrogen-bond acceptors (Lipinski definition) is 5. The van der Waals surface area contributed by atoms with Crippen LogP contribution in [0.2, 0.25) is 0 Å². The van der Waals surface area contributed by atoms with E-state index in [0.29, 0.717) is 18.1 Å². The van der Waals surface area contributed by atoms with Gasteiger partial charge in [0.15, 0.2) is 0 Å². The van der Waals surface area contributed by atoms with Gasteiger partial charge >= 0.3 is 6.09 Å². The van der Waals surface area contributed by atoms with Gasteiger partial charge in [0.05, 0.1) is 35.2 Å². The van der Waals surface area contributed by atoms with Crippen LogP contribution in [-0.2, 0) is 11.3 Å². The first kappa shape index (κ1) is 23.7. The Balaban J connectivity index is 1.50. The molecule has 1 N–H and O–H groups in total. The Morgan fingerprint density at radius 2 is 1.89 bits per heavy atom. The number of anilines is 1. The van der Waals surface area contributed by atoms with E-state index in [2.05, 4.69) is 15.2 Å². The van der Waals surface area contributed by atoms with E-state index in [9.17, 15) is 4.79 Å². The maximum atomic E-state index is 13.2. The molecule has 1 aliphatic carbocycles. The van der Waals surface area contributed by atoms with Gasteiger partial charge < -0.3 is 14.5 Å². The zero-order valence-electron chi connectivity index (χ0n) is 20.4. The average molecular weight is 495 g/mol. The summed E-state index contributed by atoms with van der Waals surface area (Å²) < 4.78 is 12.0. The highest BCUT2D eigenvalue weighted by molar-refractivity contribution is 6.36. The molecule has 0 saturated heterocycles. The topological polar surface area (TPSA) is 79.3 Å². The summed E-state index contributed by atoms with van der Waals surface area (Å²) in [6.07, 6.45) is 7.19. The van der Waals surface area contributed by atoms with Crippen molar-refractivity contribution in [3.05, 3.63) is 57.7 Å². The maximum absolute atomic E-state index is 13.2. The minimum atomic E-state index is -0.608. The number of benzene rings is 1. The first-order valence-corrected chi connectivity index (χ1v) is 12.6. The number of nitrogens with one attached hydrogen (secondary N) is 1. The second-order valence-corrected chi connectivity index (χ2v) is 10.7. The third kappa shape index (κ3) is 5.01. The minimum Gasteiger partial charge on any atom is -0.490 e. The fraction of sp³-hybridized carbons (Fsp3) is 0.444. The molecule has 1 fully saturated rings. The molecule has 184 valence electrons. The van der Waals surface area contributed by atoms with E-state index in [1.54, 1.807) is 11.1 Å². The van der Waals surface area contributed by atoms with Crippen LogP contribution >= 0.6 is 11.6 Å². The van der Waals surface area contributed by atoms with Gasteiger partial charge in [0.25, 0.3) is 0 Å². The Morgan fingerprint density at radius 3 is 2.60 bits per heavy atom. The first-order chi connectivity index (χ1) is 16.8. The lowest BCUT2D eigenvalue weighted by molar-refractivity contribution is 0.0584. The van der Waals surface area contributed by atoms with E-state index in [1.807, 2.05) is 57.2 Å². The summed E-state index contributed by atoms with van der Waals surface area (Å²) in [6, 6.07) is 9.98. The Kier molecular flexibility index (Phi) is 6.45. The van der Waals surface area contributed by atoms with Crippen LogP contribution in [0.15, 0.2) is 51.7 Å². The van der Waals surface area contributed by atoms with Crippen LogP contribution in [0.5, 0.6) is 5.75 Å². The molecule has 5 rings (SSSR count). The summed E-state index contributed by atoms with van der Waals surface area (Å²) >= 11 is 6.92. The maximum Gasteiger partial charge on any atom is 0.415 e. The molecule has 0 spiro atoms. The Bertz CT molecular complexity index is 1280. The lowest BCUT2D eigenvalue weighted by Crippen LogP contribution is -2.39. The third-order valence-corrected chi connectivity index (χ3v) is 6.95. The van der Waals surface area contributed by atoms with Crippen molar-refractivity contribution in [3.63, 3.8) is 0 Å². The van der Waals surface area contributed by atoms with E-state index in [-0.39, 0.29) is 12.0 Å². The molecule has 1 saturated carbocycles. The fourth-order valence-corrected chi connectivity index (χ4v) is 5.37. The number of allylic oxidation sites excluding steroid dienone is 1. The van der Waals surface area contributed by atoms with Gasteiger partial charge in [0.1, 0.15) is 11.4 Å². The molecular formula is C27H31ClN4O3. The lowest BCUT2D eigenvalue weighted by atomic mass is 9.81. The third-order valence-electron chi connectivity index (χ3n) is 6.60. The van der Waals surface area contributed by atoms with E-state index < -0.39 is 11.7 Å². The quantitative estimate of drug-likeness (QED) is 0.621. The second kappa shape index (κ2) is 9.53. The number of aromatic amines is 1. The SMILES string of the molecule is CC(C)(C)OC(=O)N1CC=C(Cl)C([C@H]2CC[C@@H](Oc3ccccc3)CC2)=c2[nH]c3c(c21)CN=NC=3. The van der Waals surface area contributed by atoms with E-state index in [4.69, 9.17) is 21.1 Å². The van der Waals surface area contributed by atoms with Crippen molar-refractivity contribution >= 4 is 35.2 Å². The molecule has 7 nitrogen and oxygen atoms in total. The lowest BCUT2D eigenvalue weighted by Gasteiger charge is -2.30. The highest BCUT2D eigenvalue weighted by atomic mass is 35.5. The molecule has 2 aromatic rings. The van der Waals surface area contributed by atoms with Crippen LogP contribution in [0, 0.1) is 5.92 Å². The molecule has 1 aromatic carbocycles. The van der Waals surface area contributed by atoms with E-state index in [0.717, 1.165) is 59.0 Å². The molecule has 1 aromatic heterocycles. The van der Waals surface area contributed by atoms with Gasteiger partial charge in [-0.2, -0.15) is 10.2 Å². The number of rotatable bonds is 3. The smallest absolute Gasteiger partial charge is 0.415 e. The van der Waals surface area contributed by atoms with Crippen LogP contribution in [0.4, 0.5) is 10.5 Å². The molecule has 3 aliphatic rings. The Labute approximate surface area is 210 Å². The van der Waals surface area contributed by atoms with Gasteiger partial charge in [-0.05, 0) is 76.2 Å². The Morgan fingerprint density at radius 1 is 1.14 bits per heavy atom. The largest absolute Gasteiger partial charge is 0.490 e. The number of carbonyl (C=O) groups is 1. The number of carbonyl (C=O) groups excluding carboxylic acids is 1. The molecule has 8 heteroatoms. The number of ether oxygens (including phenoxy) is 2. The van der Waals surface area contributed by atoms with Crippen molar-refractivity contribution in [1.29, 1.82) is 0 Å². The average Bonchev–Trinajstić information content (AvgIpc) is 3.12. The van der Waals surface area contributed by atoms with Gasteiger partial charge in [-0.3, -0.25) is 4.90 Å². The zero-order valence-corrected chi connectivity index (χ0v) is 21.1. The molecule has 0 unspecified atom stereocenters. The van der Waals surface area contributed by atoms with Gasteiger partial charge in [-0.25, -0.2) is 4.79 Å². The highest BCUT2D eigenvalue weighted by Crippen LogP contribution is 2.38. The molecule has 1 amide bonds. The van der Waals surface area contributed by atoms with Gasteiger partial charge in [-0.15, -0.1) is 0 Å². The van der Waals surface area contributed by atoms with Crippen molar-refractivity contribution in [3.8, 4) is 5.75 Å². The number of amides is 1. The Hall–Kier alpha value is -3.06. The van der Waals surface area contributed by atoms with Crippen LogP contribution < -0.4 is 20.3 Å². The van der Waals surface area contributed by atoms with Gasteiger partial charge in [0.2, 0.25) is 0 Å². The molecule has 0 bridgehead atoms. The second-order valence-electron chi connectivity index (χ2n) is 10.2. The molecule has 3 heterocycles. The molecular weight excluding hydrogens is 464 g/mol. The number of hydrogen-bond donors (Lipinski definition) is 1. The predicted molar refractivity (Wildman–Crippen MR) is 137 cm³/mol. The van der Waals surface area contributed by atoms with Crippen molar-refractivity contribution in [2.24, 2.45) is 16.1 Å². The molecule has 35 heavy (non-hydrogen) atoms. The summed E-state index contributed by atoms with van der Waals surface area (Å²) in [5.74, 6) is 1.16. The molecule has 0 atom stereocenters. The fourth-order valence-electron chi connectivity index (χ4n) is 5.06. The number of para-hydroxylation sites is 1. The van der Waals surface area contributed by atoms with Crippen molar-refractivity contribution < 1.29 is 14.3 Å². The monoisotopic (exact) mass is 494 g/mol. The number of halogens is 1. The summed E-state index contributed by atoms with van der Waals surface area (Å²) in [5.41, 5.74) is 2.18. The molecule has 2 aliphatic heterocycles. The van der Waals surface area contributed by atoms with Crippen molar-refractivity contribution in [1.82, 2.24) is 4.98 Å². The summed E-state index contributed by atoms with van der Waals surface area (Å²) in [6.45, 7) is 6.34. The highest BCUT2D eigenvalue weighted by Gasteiger charge is 2.33. The number of nitrogens with zero attached hydrogens (tertiary/aromatic N) is 3. The number of H-pyrrole nitrogens is 1. The molecule has 0 radical (unpaired) electrons. The van der Waals surface area contributed by atoms with Crippen molar-refractivity contribution in [2.75, 3.05) is 11.4 Å². The predicted octanol–water partition coefficient (Wildman–Crippen LogP) is 5.38. The first-order valence-electron chi connectivity index (χ1n) is 12.2. The van der Waals surface area contributed by atoms with E-state index in [1.165, 1.54) is 0 Å². The van der Waals surface area contributed by atoms with Crippen molar-refractivity contribution in [2.45, 2.75) is 64.7 Å². The number of aromatic nitrogens is 1. The zero-order chi connectivity index (χ0) is 24.6. The van der Waals surface area contributed by atoms with Crippen LogP contribution in [0.3, 0.4) is 0 Å². The minimum absolute atomic E-state index is 0.184. The van der Waals surface area contributed by atoms with Crippen LogP contribution in [0.25, 0.3) is 11.8 Å². The van der Waals surface area contributed by atoms with Gasteiger partial charge in [-0.1, -0.05) is 29.8 Å². The standard InChI is InChI=1S/C27H31ClN4O3/c1-27(2,3)35-26(33)32-14-13-21(28)23(24-25(32)20-15-29-30-16-22(20)31-24)17-9-11-19(12-10-17)34-18-7-5-4-6-8-18/h4-8,13,16-17,19,31H,9-12,14-15H2,1-3H3/t17-,19+. The van der Waals surface area contributed by atoms with E-state index >= 15 is 0 Å². The summed E-state index contributed by atoms with van der Waals surface area (Å²) in [7, 11) is 0. The summed E-state index contributed by atoms with van der Waals surface area (Å²) in [5, 5.41) is 10.7. The number of azo groups is 1. The van der Waals surface area contributed by atoms with Crippen LogP contribution in [0.1, 0.15) is 52.0 Å². The van der Waals surface area contributed by atoms with Crippen LogP contribution in [-0.4, -0.2) is 29.3 Å². The van der Waals surface area contributed by atoms with Gasteiger partial charge in [0, 0.05) is 17.1 Å².